The molecule has 0 aromatic carbocycles. The van der Waals surface area contributed by atoms with E-state index in [1.165, 1.54) is 13.8 Å². The number of carbonyl (C=O) groups excluding carboxylic acids is 1. The SMILES string of the molecule is CC.CC(C)(C)OC(=O)NC1CC(C(C)(C)NS(C)(=O)=O)[C@@H](OC(C)(C)O)C1. The van der Waals surface area contributed by atoms with Crippen molar-refractivity contribution in [2.75, 3.05) is 6.26 Å². The van der Waals surface area contributed by atoms with Crippen LogP contribution in [0.15, 0.2) is 0 Å². The summed E-state index contributed by atoms with van der Waals surface area (Å²) in [6, 6.07) is -0.247. The predicted octanol–water partition coefficient (Wildman–Crippen LogP) is 2.76. The van der Waals surface area contributed by atoms with Crippen molar-refractivity contribution in [3.63, 3.8) is 0 Å². The summed E-state index contributed by atoms with van der Waals surface area (Å²) in [4.78, 5) is 12.1. The molecule has 3 atom stereocenters. The Balaban J connectivity index is 0.00000352. The van der Waals surface area contributed by atoms with Crippen LogP contribution in [0.5, 0.6) is 0 Å². The molecule has 8 nitrogen and oxygen atoms in total. The number of carbonyl (C=O) groups is 1. The lowest BCUT2D eigenvalue weighted by Gasteiger charge is -2.37. The average Bonchev–Trinajstić information content (AvgIpc) is 2.76. The fraction of sp³-hybridized carbons (Fsp3) is 0.947. The molecule has 1 fully saturated rings. The molecular weight excluding hydrogens is 384 g/mol. The first-order chi connectivity index (χ1) is 12.4. The van der Waals surface area contributed by atoms with E-state index in [9.17, 15) is 18.3 Å². The Bertz CT molecular complexity index is 605. The minimum Gasteiger partial charge on any atom is -0.444 e. The van der Waals surface area contributed by atoms with Gasteiger partial charge in [0, 0.05) is 17.5 Å². The molecule has 1 aliphatic carbocycles. The summed E-state index contributed by atoms with van der Waals surface area (Å²) < 4.78 is 37.1. The van der Waals surface area contributed by atoms with E-state index >= 15 is 0 Å². The van der Waals surface area contributed by atoms with Gasteiger partial charge in [0.15, 0.2) is 5.79 Å². The third kappa shape index (κ3) is 10.6. The molecule has 0 aliphatic heterocycles. The van der Waals surface area contributed by atoms with Crippen molar-refractivity contribution in [3.8, 4) is 0 Å². The van der Waals surface area contributed by atoms with Crippen LogP contribution in [0.3, 0.4) is 0 Å². The molecule has 1 rings (SSSR count). The highest BCUT2D eigenvalue weighted by Gasteiger charge is 2.47. The number of aliphatic hydroxyl groups is 1. The van der Waals surface area contributed by atoms with Crippen molar-refractivity contribution in [3.05, 3.63) is 0 Å². The van der Waals surface area contributed by atoms with Gasteiger partial charge in [0.2, 0.25) is 10.0 Å². The number of alkyl carbamates (subject to hydrolysis) is 1. The summed E-state index contributed by atoms with van der Waals surface area (Å²) in [6.45, 7) is 15.9. The molecule has 0 aromatic heterocycles. The second-order valence-electron chi connectivity index (χ2n) is 9.12. The first kappa shape index (κ1) is 27.1. The standard InChI is InChI=1S/C17H34N2O6S.C2H6/c1-15(2,3)25-14(20)18-11-9-12(13(10-11)24-17(6,7)21)16(4,5)19-26(8,22)23;1-2/h11-13,19,21H,9-10H2,1-8H3,(H,18,20);1-2H3/t11?,12?,13-;/m0./s1. The molecule has 168 valence electrons. The first-order valence-corrected chi connectivity index (χ1v) is 11.7. The fourth-order valence-corrected chi connectivity index (χ4v) is 4.51. The van der Waals surface area contributed by atoms with Gasteiger partial charge in [0.1, 0.15) is 5.60 Å². The van der Waals surface area contributed by atoms with Crippen LogP contribution < -0.4 is 10.0 Å². The maximum absolute atomic E-state index is 12.1. The highest BCUT2D eigenvalue weighted by Crippen LogP contribution is 2.38. The molecule has 3 N–H and O–H groups in total. The second kappa shape index (κ2) is 9.73. The minimum atomic E-state index is -3.43. The number of sulfonamides is 1. The third-order valence-electron chi connectivity index (χ3n) is 4.04. The number of amides is 1. The lowest BCUT2D eigenvalue weighted by molar-refractivity contribution is -0.216. The topological polar surface area (TPSA) is 114 Å². The Labute approximate surface area is 170 Å². The largest absolute Gasteiger partial charge is 0.444 e. The van der Waals surface area contributed by atoms with Crippen LogP contribution in [0, 0.1) is 5.92 Å². The highest BCUT2D eigenvalue weighted by molar-refractivity contribution is 7.88. The Kier molecular flexibility index (Phi) is 9.42. The molecule has 2 unspecified atom stereocenters. The zero-order chi connectivity index (χ0) is 22.6. The molecule has 0 spiro atoms. The second-order valence-corrected chi connectivity index (χ2v) is 10.9. The molecule has 9 heteroatoms. The van der Waals surface area contributed by atoms with Crippen molar-refractivity contribution >= 4 is 16.1 Å². The van der Waals surface area contributed by atoms with E-state index in [0.717, 1.165) is 6.26 Å². The van der Waals surface area contributed by atoms with Crippen LogP contribution in [0.1, 0.15) is 75.2 Å². The maximum atomic E-state index is 12.1. The van der Waals surface area contributed by atoms with E-state index in [4.69, 9.17) is 9.47 Å². The van der Waals surface area contributed by atoms with E-state index in [-0.39, 0.29) is 12.0 Å². The Morgan fingerprint density at radius 1 is 1.04 bits per heavy atom. The Hall–Kier alpha value is -0.900. The van der Waals surface area contributed by atoms with Crippen molar-refractivity contribution in [1.82, 2.24) is 10.0 Å². The van der Waals surface area contributed by atoms with Crippen molar-refractivity contribution in [1.29, 1.82) is 0 Å². The number of hydrogen-bond donors (Lipinski definition) is 3. The van der Waals surface area contributed by atoms with Crippen LogP contribution in [0.25, 0.3) is 0 Å². The zero-order valence-electron chi connectivity index (χ0n) is 19.0. The molecule has 1 saturated carbocycles. The van der Waals surface area contributed by atoms with Crippen LogP contribution >= 0.6 is 0 Å². The van der Waals surface area contributed by atoms with Crippen LogP contribution in [-0.2, 0) is 19.5 Å². The van der Waals surface area contributed by atoms with E-state index in [1.54, 1.807) is 34.6 Å². The Morgan fingerprint density at radius 3 is 1.93 bits per heavy atom. The molecule has 0 saturated heterocycles. The quantitative estimate of drug-likeness (QED) is 0.565. The van der Waals surface area contributed by atoms with Gasteiger partial charge in [-0.2, -0.15) is 0 Å². The van der Waals surface area contributed by atoms with E-state index in [1.807, 2.05) is 13.8 Å². The summed E-state index contributed by atoms with van der Waals surface area (Å²) in [5.41, 5.74) is -1.42. The van der Waals surface area contributed by atoms with Gasteiger partial charge in [0.25, 0.3) is 0 Å². The molecule has 1 aliphatic rings. The van der Waals surface area contributed by atoms with Gasteiger partial charge in [-0.05, 0) is 61.3 Å². The minimum absolute atomic E-state index is 0.247. The normalized spacial score (nSPS) is 23.6. The predicted molar refractivity (Wildman–Crippen MR) is 110 cm³/mol. The van der Waals surface area contributed by atoms with Crippen molar-refractivity contribution in [2.45, 2.75) is 104 Å². The van der Waals surface area contributed by atoms with Crippen molar-refractivity contribution in [2.24, 2.45) is 5.92 Å². The van der Waals surface area contributed by atoms with E-state index in [2.05, 4.69) is 10.0 Å². The number of hydrogen-bond acceptors (Lipinski definition) is 6. The van der Waals surface area contributed by atoms with Gasteiger partial charge in [0.05, 0.1) is 12.4 Å². The average molecular weight is 425 g/mol. The summed E-state index contributed by atoms with van der Waals surface area (Å²) in [7, 11) is -3.43. The molecule has 0 aromatic rings. The number of ether oxygens (including phenoxy) is 2. The monoisotopic (exact) mass is 424 g/mol. The van der Waals surface area contributed by atoms with Crippen LogP contribution in [0.2, 0.25) is 0 Å². The van der Waals surface area contributed by atoms with Gasteiger partial charge in [-0.3, -0.25) is 0 Å². The van der Waals surface area contributed by atoms with Gasteiger partial charge in [-0.25, -0.2) is 17.9 Å². The van der Waals surface area contributed by atoms with E-state index in [0.29, 0.717) is 12.8 Å². The summed E-state index contributed by atoms with van der Waals surface area (Å²) in [6.07, 6.45) is 1.09. The van der Waals surface area contributed by atoms with Gasteiger partial charge < -0.3 is 19.9 Å². The van der Waals surface area contributed by atoms with Crippen LogP contribution in [0.4, 0.5) is 4.79 Å². The molecule has 0 heterocycles. The Morgan fingerprint density at radius 2 is 1.54 bits per heavy atom. The zero-order valence-corrected chi connectivity index (χ0v) is 19.9. The molecule has 1 amide bonds. The summed E-state index contributed by atoms with van der Waals surface area (Å²) >= 11 is 0. The van der Waals surface area contributed by atoms with Crippen molar-refractivity contribution < 1.29 is 27.8 Å². The van der Waals surface area contributed by atoms with Gasteiger partial charge in [-0.1, -0.05) is 13.8 Å². The van der Waals surface area contributed by atoms with Crippen LogP contribution in [-0.4, -0.2) is 54.9 Å². The molecule has 0 radical (unpaired) electrons. The summed E-state index contributed by atoms with van der Waals surface area (Å²) in [5, 5.41) is 12.9. The number of nitrogens with one attached hydrogen (secondary N) is 2. The fourth-order valence-electron chi connectivity index (χ4n) is 3.40. The highest BCUT2D eigenvalue weighted by atomic mass is 32.2. The molecular formula is C19H40N2O6S. The lowest BCUT2D eigenvalue weighted by atomic mass is 9.85. The van der Waals surface area contributed by atoms with E-state index < -0.39 is 39.1 Å². The first-order valence-electron chi connectivity index (χ1n) is 9.77. The lowest BCUT2D eigenvalue weighted by Crippen LogP contribution is -2.52. The third-order valence-corrected chi connectivity index (χ3v) is 4.94. The maximum Gasteiger partial charge on any atom is 0.407 e. The number of rotatable bonds is 6. The molecule has 28 heavy (non-hydrogen) atoms. The molecule has 0 bridgehead atoms. The van der Waals surface area contributed by atoms with Gasteiger partial charge in [-0.15, -0.1) is 0 Å². The van der Waals surface area contributed by atoms with Gasteiger partial charge >= 0.3 is 6.09 Å². The summed E-state index contributed by atoms with van der Waals surface area (Å²) in [5.74, 6) is -1.62. The smallest absolute Gasteiger partial charge is 0.407 e.